The molecule has 3 aliphatic rings. The van der Waals surface area contributed by atoms with Crippen LogP contribution >= 0.6 is 0 Å². The number of imide groups is 1. The highest BCUT2D eigenvalue weighted by Gasteiger charge is 2.31. The Morgan fingerprint density at radius 1 is 1.10 bits per heavy atom. The van der Waals surface area contributed by atoms with E-state index in [1.807, 2.05) is 6.07 Å². The summed E-state index contributed by atoms with van der Waals surface area (Å²) in [5.74, 6) is -0.758. The number of hydrogen-bond acceptors (Lipinski definition) is 4. The van der Waals surface area contributed by atoms with Crippen molar-refractivity contribution in [1.29, 1.82) is 0 Å². The third-order valence-corrected chi connectivity index (χ3v) is 6.95. The summed E-state index contributed by atoms with van der Waals surface area (Å²) < 4.78 is 14.8. The Labute approximate surface area is 172 Å². The van der Waals surface area contributed by atoms with Gasteiger partial charge in [-0.1, -0.05) is 25.3 Å². The molecule has 29 heavy (non-hydrogen) atoms. The first-order chi connectivity index (χ1) is 14.0. The van der Waals surface area contributed by atoms with Gasteiger partial charge in [-0.05, 0) is 44.2 Å². The van der Waals surface area contributed by atoms with Crippen LogP contribution in [0.1, 0.15) is 63.4 Å². The fraction of sp³-hybridized carbons (Fsp3) is 0.652. The van der Waals surface area contributed by atoms with Gasteiger partial charge in [0.25, 0.3) is 0 Å². The quantitative estimate of drug-likeness (QED) is 0.786. The second kappa shape index (κ2) is 8.82. The van der Waals surface area contributed by atoms with Crippen molar-refractivity contribution in [3.8, 4) is 0 Å². The van der Waals surface area contributed by atoms with Crippen LogP contribution in [0.15, 0.2) is 18.2 Å². The van der Waals surface area contributed by atoms with Gasteiger partial charge in [-0.15, -0.1) is 0 Å². The van der Waals surface area contributed by atoms with Crippen molar-refractivity contribution >= 4 is 17.5 Å². The molecule has 1 aromatic rings. The lowest BCUT2D eigenvalue weighted by Crippen LogP contribution is -2.53. The molecular weight excluding hydrogens is 369 g/mol. The highest BCUT2D eigenvalue weighted by Crippen LogP contribution is 2.31. The molecule has 158 valence electrons. The molecule has 0 radical (unpaired) electrons. The summed E-state index contributed by atoms with van der Waals surface area (Å²) in [6, 6.07) is 5.65. The summed E-state index contributed by atoms with van der Waals surface area (Å²) >= 11 is 0. The van der Waals surface area contributed by atoms with E-state index in [0.717, 1.165) is 31.2 Å². The van der Waals surface area contributed by atoms with Gasteiger partial charge < -0.3 is 4.90 Å². The van der Waals surface area contributed by atoms with Gasteiger partial charge in [0.1, 0.15) is 5.82 Å². The van der Waals surface area contributed by atoms with Gasteiger partial charge in [0.05, 0.1) is 5.92 Å². The molecule has 0 spiro atoms. The number of hydrogen-bond donors (Lipinski definition) is 1. The maximum absolute atomic E-state index is 14.8. The minimum absolute atomic E-state index is 0.262. The number of rotatable bonds is 4. The van der Waals surface area contributed by atoms with Crippen molar-refractivity contribution in [1.82, 2.24) is 10.2 Å². The van der Waals surface area contributed by atoms with E-state index in [-0.39, 0.29) is 18.1 Å². The predicted octanol–water partition coefficient (Wildman–Crippen LogP) is 3.44. The third-order valence-electron chi connectivity index (χ3n) is 6.95. The monoisotopic (exact) mass is 401 g/mol. The van der Waals surface area contributed by atoms with E-state index < -0.39 is 11.8 Å². The van der Waals surface area contributed by atoms with E-state index in [9.17, 15) is 14.0 Å². The standard InChI is InChI=1S/C23H32FN3O2/c1-16-14-27(12-11-26(16)15-17-5-3-2-4-6-17)18-7-8-19(21(24)13-18)20-9-10-22(28)25-23(20)29/h7-8,13,16-17,20H,2-6,9-12,14-15H2,1H3,(H,25,28,29). The van der Waals surface area contributed by atoms with Crippen LogP contribution in [0.2, 0.25) is 0 Å². The van der Waals surface area contributed by atoms with Gasteiger partial charge in [0.15, 0.2) is 0 Å². The molecule has 3 fully saturated rings. The first-order valence-electron chi connectivity index (χ1n) is 11.1. The van der Waals surface area contributed by atoms with Crippen molar-refractivity contribution in [2.45, 2.75) is 63.8 Å². The van der Waals surface area contributed by atoms with Gasteiger partial charge in [0, 0.05) is 49.9 Å². The van der Waals surface area contributed by atoms with Gasteiger partial charge in [-0.25, -0.2) is 4.39 Å². The van der Waals surface area contributed by atoms with Gasteiger partial charge in [-0.3, -0.25) is 19.8 Å². The molecule has 0 bridgehead atoms. The van der Waals surface area contributed by atoms with E-state index in [4.69, 9.17) is 0 Å². The molecule has 1 saturated carbocycles. The number of halogens is 1. The highest BCUT2D eigenvalue weighted by atomic mass is 19.1. The van der Waals surface area contributed by atoms with Crippen molar-refractivity contribution in [2.75, 3.05) is 31.1 Å². The first kappa shape index (κ1) is 20.3. The summed E-state index contributed by atoms with van der Waals surface area (Å²) in [5, 5.41) is 2.32. The Morgan fingerprint density at radius 2 is 1.90 bits per heavy atom. The zero-order chi connectivity index (χ0) is 20.4. The molecule has 2 atom stereocenters. The fourth-order valence-electron chi connectivity index (χ4n) is 5.19. The van der Waals surface area contributed by atoms with Crippen molar-refractivity contribution < 1.29 is 14.0 Å². The van der Waals surface area contributed by atoms with E-state index in [2.05, 4.69) is 22.0 Å². The second-order valence-electron chi connectivity index (χ2n) is 9.00. The normalized spacial score (nSPS) is 27.2. The van der Waals surface area contributed by atoms with E-state index in [1.165, 1.54) is 38.6 Å². The lowest BCUT2D eigenvalue weighted by Gasteiger charge is -2.43. The molecule has 6 heteroatoms. The number of piperazine rings is 1. The topological polar surface area (TPSA) is 52.7 Å². The number of nitrogens with one attached hydrogen (secondary N) is 1. The van der Waals surface area contributed by atoms with Crippen LogP contribution < -0.4 is 10.2 Å². The van der Waals surface area contributed by atoms with Crippen LogP contribution in [-0.4, -0.2) is 48.9 Å². The summed E-state index contributed by atoms with van der Waals surface area (Å²) in [6.07, 6.45) is 7.49. The van der Waals surface area contributed by atoms with Crippen LogP contribution in [0.4, 0.5) is 10.1 Å². The maximum Gasteiger partial charge on any atom is 0.234 e. The SMILES string of the molecule is CC1CN(c2ccc(C3CCC(=O)NC3=O)c(F)c2)CCN1CC1CCCCC1. The number of benzene rings is 1. The summed E-state index contributed by atoms with van der Waals surface area (Å²) in [5.41, 5.74) is 1.27. The van der Waals surface area contributed by atoms with Crippen LogP contribution in [-0.2, 0) is 9.59 Å². The average molecular weight is 402 g/mol. The van der Waals surface area contributed by atoms with E-state index in [0.29, 0.717) is 18.0 Å². The zero-order valence-electron chi connectivity index (χ0n) is 17.3. The number of anilines is 1. The minimum Gasteiger partial charge on any atom is -0.369 e. The lowest BCUT2D eigenvalue weighted by atomic mass is 9.88. The van der Waals surface area contributed by atoms with Crippen LogP contribution in [0.5, 0.6) is 0 Å². The highest BCUT2D eigenvalue weighted by molar-refractivity contribution is 6.01. The summed E-state index contributed by atoms with van der Waals surface area (Å²) in [4.78, 5) is 28.3. The van der Waals surface area contributed by atoms with Gasteiger partial charge >= 0.3 is 0 Å². The van der Waals surface area contributed by atoms with Crippen LogP contribution in [0.25, 0.3) is 0 Å². The Morgan fingerprint density at radius 3 is 2.59 bits per heavy atom. The summed E-state index contributed by atoms with van der Waals surface area (Å²) in [7, 11) is 0. The van der Waals surface area contributed by atoms with E-state index in [1.54, 1.807) is 12.1 Å². The van der Waals surface area contributed by atoms with Gasteiger partial charge in [0.2, 0.25) is 11.8 Å². The minimum atomic E-state index is -0.576. The largest absolute Gasteiger partial charge is 0.369 e. The molecular formula is C23H32FN3O2. The number of piperidine rings is 1. The number of carbonyl (C=O) groups is 2. The predicted molar refractivity (Wildman–Crippen MR) is 111 cm³/mol. The molecule has 5 nitrogen and oxygen atoms in total. The van der Waals surface area contributed by atoms with Crippen molar-refractivity contribution in [3.63, 3.8) is 0 Å². The third kappa shape index (κ3) is 4.63. The first-order valence-corrected chi connectivity index (χ1v) is 11.1. The average Bonchev–Trinajstić information content (AvgIpc) is 2.71. The Hall–Kier alpha value is -1.95. The molecule has 2 unspecified atom stereocenters. The Bertz CT molecular complexity index is 762. The number of carbonyl (C=O) groups excluding carboxylic acids is 2. The molecule has 1 aliphatic carbocycles. The molecule has 2 aliphatic heterocycles. The van der Waals surface area contributed by atoms with Gasteiger partial charge in [-0.2, -0.15) is 0 Å². The Kier molecular flexibility index (Phi) is 6.18. The fourth-order valence-corrected chi connectivity index (χ4v) is 5.19. The molecule has 2 amide bonds. The lowest BCUT2D eigenvalue weighted by molar-refractivity contribution is -0.134. The molecule has 2 heterocycles. The molecule has 1 aromatic carbocycles. The second-order valence-corrected chi connectivity index (χ2v) is 9.00. The molecule has 2 saturated heterocycles. The smallest absolute Gasteiger partial charge is 0.234 e. The summed E-state index contributed by atoms with van der Waals surface area (Å²) in [6.45, 7) is 6.26. The Balaban J connectivity index is 1.38. The maximum atomic E-state index is 14.8. The van der Waals surface area contributed by atoms with Crippen molar-refractivity contribution in [3.05, 3.63) is 29.6 Å². The molecule has 4 rings (SSSR count). The number of nitrogens with zero attached hydrogens (tertiary/aromatic N) is 2. The molecule has 1 N–H and O–H groups in total. The number of amides is 2. The molecule has 0 aromatic heterocycles. The van der Waals surface area contributed by atoms with Crippen molar-refractivity contribution in [2.24, 2.45) is 5.92 Å². The van der Waals surface area contributed by atoms with Crippen LogP contribution in [0.3, 0.4) is 0 Å². The van der Waals surface area contributed by atoms with E-state index >= 15 is 0 Å². The zero-order valence-corrected chi connectivity index (χ0v) is 17.3. The van der Waals surface area contributed by atoms with Crippen LogP contribution in [0, 0.1) is 11.7 Å².